The van der Waals surface area contributed by atoms with Crippen LogP contribution < -0.4 is 10.4 Å². The average Bonchev–Trinajstić information content (AvgIpc) is 3.06. The smallest absolute Gasteiger partial charge is 0.351 e. The Hall–Kier alpha value is -2.40. The van der Waals surface area contributed by atoms with E-state index in [0.29, 0.717) is 19.0 Å². The number of nitrogens with zero attached hydrogens (tertiary/aromatic N) is 2. The van der Waals surface area contributed by atoms with E-state index in [1.54, 1.807) is 15.9 Å². The topological polar surface area (TPSA) is 44.1 Å². The van der Waals surface area contributed by atoms with Crippen molar-refractivity contribution in [1.82, 2.24) is 9.55 Å². The molecular formula is C17H14N2O2S. The van der Waals surface area contributed by atoms with Gasteiger partial charge in [0.15, 0.2) is 0 Å². The van der Waals surface area contributed by atoms with Crippen molar-refractivity contribution in [2.24, 2.45) is 0 Å². The van der Waals surface area contributed by atoms with Gasteiger partial charge in [-0.15, -0.1) is 11.3 Å². The summed E-state index contributed by atoms with van der Waals surface area (Å²) in [6.45, 7) is 1.11. The Bertz CT molecular complexity index is 869. The fourth-order valence-corrected chi connectivity index (χ4v) is 3.37. The number of hydrogen-bond donors (Lipinski definition) is 0. The Morgan fingerprint density at radius 1 is 1.23 bits per heavy atom. The van der Waals surface area contributed by atoms with Crippen molar-refractivity contribution in [2.45, 2.75) is 19.6 Å². The first kappa shape index (κ1) is 13.3. The summed E-state index contributed by atoms with van der Waals surface area (Å²) in [7, 11) is 0. The SMILES string of the molecule is O=c1nc(OCc2cccs2)cc2n1CCc1ccccc1-2. The minimum Gasteiger partial charge on any atom is -0.472 e. The van der Waals surface area contributed by atoms with Crippen LogP contribution in [0.25, 0.3) is 11.3 Å². The van der Waals surface area contributed by atoms with E-state index in [4.69, 9.17) is 4.74 Å². The normalized spacial score (nSPS) is 12.5. The van der Waals surface area contributed by atoms with Crippen LogP contribution in [0.4, 0.5) is 0 Å². The highest BCUT2D eigenvalue weighted by Gasteiger charge is 2.18. The van der Waals surface area contributed by atoms with Crippen LogP contribution >= 0.6 is 11.3 Å². The van der Waals surface area contributed by atoms with Gasteiger partial charge in [0.2, 0.25) is 5.88 Å². The summed E-state index contributed by atoms with van der Waals surface area (Å²) >= 11 is 1.63. The summed E-state index contributed by atoms with van der Waals surface area (Å²) in [6.07, 6.45) is 0.861. The Labute approximate surface area is 131 Å². The van der Waals surface area contributed by atoms with E-state index < -0.39 is 0 Å². The first-order valence-corrected chi connectivity index (χ1v) is 8.04. The Morgan fingerprint density at radius 3 is 3.00 bits per heavy atom. The van der Waals surface area contributed by atoms with E-state index in [1.165, 1.54) is 5.56 Å². The molecule has 2 aromatic heterocycles. The molecule has 0 spiro atoms. The van der Waals surface area contributed by atoms with Gasteiger partial charge in [-0.05, 0) is 23.4 Å². The maximum Gasteiger partial charge on any atom is 0.351 e. The number of ether oxygens (including phenoxy) is 1. The minimum atomic E-state index is -0.242. The lowest BCUT2D eigenvalue weighted by atomic mass is 9.98. The maximum atomic E-state index is 12.2. The van der Waals surface area contributed by atoms with Crippen molar-refractivity contribution >= 4 is 11.3 Å². The largest absolute Gasteiger partial charge is 0.472 e. The Balaban J connectivity index is 1.72. The Morgan fingerprint density at radius 2 is 2.14 bits per heavy atom. The summed E-state index contributed by atoms with van der Waals surface area (Å²) in [5, 5.41) is 2.00. The predicted molar refractivity (Wildman–Crippen MR) is 86.3 cm³/mol. The molecule has 0 amide bonds. The van der Waals surface area contributed by atoms with E-state index in [2.05, 4.69) is 11.1 Å². The molecule has 3 aromatic rings. The summed E-state index contributed by atoms with van der Waals surface area (Å²) < 4.78 is 7.42. The highest BCUT2D eigenvalue weighted by molar-refractivity contribution is 7.09. The van der Waals surface area contributed by atoms with Crippen LogP contribution in [-0.4, -0.2) is 9.55 Å². The van der Waals surface area contributed by atoms with E-state index in [1.807, 2.05) is 41.8 Å². The van der Waals surface area contributed by atoms with Crippen molar-refractivity contribution in [3.8, 4) is 17.1 Å². The quantitative estimate of drug-likeness (QED) is 0.746. The molecule has 0 bridgehead atoms. The maximum absolute atomic E-state index is 12.2. The third kappa shape index (κ3) is 2.33. The van der Waals surface area contributed by atoms with Crippen LogP contribution in [0.5, 0.6) is 5.88 Å². The van der Waals surface area contributed by atoms with Gasteiger partial charge in [0.25, 0.3) is 0 Å². The molecule has 0 saturated heterocycles. The van der Waals surface area contributed by atoms with Crippen molar-refractivity contribution < 1.29 is 4.74 Å². The van der Waals surface area contributed by atoms with Crippen LogP contribution in [0.1, 0.15) is 10.4 Å². The zero-order valence-electron chi connectivity index (χ0n) is 11.9. The van der Waals surface area contributed by atoms with Crippen molar-refractivity contribution in [3.05, 3.63) is 68.8 Å². The molecule has 0 atom stereocenters. The molecule has 4 rings (SSSR count). The molecule has 1 aliphatic rings. The lowest BCUT2D eigenvalue weighted by Crippen LogP contribution is -2.28. The zero-order chi connectivity index (χ0) is 14.9. The second-order valence-electron chi connectivity index (χ2n) is 5.19. The molecule has 0 aliphatic carbocycles. The Kier molecular flexibility index (Phi) is 3.27. The fourth-order valence-electron chi connectivity index (χ4n) is 2.76. The second-order valence-corrected chi connectivity index (χ2v) is 6.22. The van der Waals surface area contributed by atoms with Crippen molar-refractivity contribution in [2.75, 3.05) is 0 Å². The van der Waals surface area contributed by atoms with Gasteiger partial charge in [0, 0.05) is 23.1 Å². The molecule has 5 heteroatoms. The minimum absolute atomic E-state index is 0.242. The molecule has 3 heterocycles. The van der Waals surface area contributed by atoms with Crippen LogP contribution in [0.3, 0.4) is 0 Å². The number of rotatable bonds is 3. The lowest BCUT2D eigenvalue weighted by molar-refractivity contribution is 0.294. The predicted octanol–water partition coefficient (Wildman–Crippen LogP) is 3.11. The van der Waals surface area contributed by atoms with Crippen LogP contribution in [-0.2, 0) is 19.6 Å². The number of aryl methyl sites for hydroxylation is 1. The lowest BCUT2D eigenvalue weighted by Gasteiger charge is -2.21. The van der Waals surface area contributed by atoms with Gasteiger partial charge in [-0.2, -0.15) is 4.98 Å². The number of benzene rings is 1. The summed E-state index contributed by atoms with van der Waals surface area (Å²) in [4.78, 5) is 17.4. The molecule has 110 valence electrons. The van der Waals surface area contributed by atoms with E-state index >= 15 is 0 Å². The van der Waals surface area contributed by atoms with Crippen molar-refractivity contribution in [1.29, 1.82) is 0 Å². The molecule has 0 radical (unpaired) electrons. The third-order valence-electron chi connectivity index (χ3n) is 3.83. The summed E-state index contributed by atoms with van der Waals surface area (Å²) in [6, 6.07) is 14.0. The van der Waals surface area contributed by atoms with Gasteiger partial charge >= 0.3 is 5.69 Å². The molecule has 22 heavy (non-hydrogen) atoms. The van der Waals surface area contributed by atoms with Gasteiger partial charge in [-0.3, -0.25) is 4.57 Å². The molecular weight excluding hydrogens is 296 g/mol. The van der Waals surface area contributed by atoms with Gasteiger partial charge in [0.1, 0.15) is 6.61 Å². The van der Waals surface area contributed by atoms with E-state index in [0.717, 1.165) is 22.6 Å². The molecule has 1 aliphatic heterocycles. The van der Waals surface area contributed by atoms with Crippen molar-refractivity contribution in [3.63, 3.8) is 0 Å². The van der Waals surface area contributed by atoms with Crippen LogP contribution in [0.15, 0.2) is 52.6 Å². The standard InChI is InChI=1S/C17H14N2O2S/c20-17-18-16(21-11-13-5-3-9-22-13)10-15-14-6-2-1-4-12(14)7-8-19(15)17/h1-6,9-10H,7-8,11H2. The zero-order valence-corrected chi connectivity index (χ0v) is 12.7. The number of fused-ring (bicyclic) bond motifs is 3. The molecule has 0 saturated carbocycles. The summed E-state index contributed by atoms with van der Waals surface area (Å²) in [5.74, 6) is 0.390. The number of aromatic nitrogens is 2. The van der Waals surface area contributed by atoms with E-state index in [9.17, 15) is 4.79 Å². The molecule has 0 fully saturated rings. The number of hydrogen-bond acceptors (Lipinski definition) is 4. The monoisotopic (exact) mass is 310 g/mol. The second kappa shape index (κ2) is 5.42. The van der Waals surface area contributed by atoms with Crippen LogP contribution in [0, 0.1) is 0 Å². The first-order valence-electron chi connectivity index (χ1n) is 7.16. The van der Waals surface area contributed by atoms with E-state index in [-0.39, 0.29) is 5.69 Å². The highest BCUT2D eigenvalue weighted by Crippen LogP contribution is 2.29. The van der Waals surface area contributed by atoms with Gasteiger partial charge < -0.3 is 4.74 Å². The molecule has 1 aromatic carbocycles. The number of thiophene rings is 1. The fraction of sp³-hybridized carbons (Fsp3) is 0.176. The van der Waals surface area contributed by atoms with Gasteiger partial charge in [-0.1, -0.05) is 30.3 Å². The highest BCUT2D eigenvalue weighted by atomic mass is 32.1. The molecule has 0 N–H and O–H groups in total. The molecule has 4 nitrogen and oxygen atoms in total. The summed E-state index contributed by atoms with van der Waals surface area (Å²) in [5.41, 5.74) is 3.00. The van der Waals surface area contributed by atoms with Gasteiger partial charge in [-0.25, -0.2) is 4.79 Å². The first-order chi connectivity index (χ1) is 10.8. The molecule has 0 unspecified atom stereocenters. The average molecular weight is 310 g/mol. The third-order valence-corrected chi connectivity index (χ3v) is 4.68. The van der Waals surface area contributed by atoms with Crippen LogP contribution in [0.2, 0.25) is 0 Å². The van der Waals surface area contributed by atoms with Gasteiger partial charge in [0.05, 0.1) is 5.69 Å².